The summed E-state index contributed by atoms with van der Waals surface area (Å²) in [6, 6.07) is 13.1. The van der Waals surface area contributed by atoms with Crippen LogP contribution in [0.25, 0.3) is 0 Å². The topological polar surface area (TPSA) is 98.5 Å². The van der Waals surface area contributed by atoms with E-state index in [1.54, 1.807) is 24.5 Å². The van der Waals surface area contributed by atoms with E-state index in [2.05, 4.69) is 4.98 Å². The Morgan fingerprint density at radius 1 is 1.16 bits per heavy atom. The van der Waals surface area contributed by atoms with Crippen molar-refractivity contribution < 1.29 is 23.1 Å². The molecule has 0 bridgehead atoms. The molecular weight excluding hydrogens is 428 g/mol. The number of Topliss-reactive ketones (excluding diaryl/α,β-unsaturated/α-hetero) is 1. The van der Waals surface area contributed by atoms with Crippen molar-refractivity contribution in [2.75, 3.05) is 6.26 Å². The third kappa shape index (κ3) is 4.92. The molecule has 1 aliphatic carbocycles. The van der Waals surface area contributed by atoms with E-state index in [0.29, 0.717) is 48.5 Å². The predicted molar refractivity (Wildman–Crippen MR) is 120 cm³/mol. The van der Waals surface area contributed by atoms with Crippen LogP contribution >= 0.6 is 0 Å². The number of hydrogen-bond donors (Lipinski definition) is 1. The van der Waals surface area contributed by atoms with Gasteiger partial charge in [0.25, 0.3) is 0 Å². The van der Waals surface area contributed by atoms with E-state index in [0.717, 1.165) is 11.1 Å². The van der Waals surface area contributed by atoms with Gasteiger partial charge in [-0.05, 0) is 36.1 Å². The second-order valence-corrected chi connectivity index (χ2v) is 10.2. The lowest BCUT2D eigenvalue weighted by Gasteiger charge is -2.26. The molecule has 4 rings (SSSR count). The van der Waals surface area contributed by atoms with Gasteiger partial charge in [0, 0.05) is 36.2 Å². The van der Waals surface area contributed by atoms with Crippen molar-refractivity contribution in [3.63, 3.8) is 0 Å². The smallest absolute Gasteiger partial charge is 0.163 e. The Hall–Kier alpha value is -2.97. The summed E-state index contributed by atoms with van der Waals surface area (Å²) < 4.78 is 32.7. The van der Waals surface area contributed by atoms with Crippen LogP contribution in [0.2, 0.25) is 0 Å². The van der Waals surface area contributed by atoms with Gasteiger partial charge in [-0.3, -0.25) is 4.79 Å². The highest BCUT2D eigenvalue weighted by molar-refractivity contribution is 7.89. The van der Waals surface area contributed by atoms with Gasteiger partial charge in [-0.1, -0.05) is 30.3 Å². The number of carbonyl (C=O) groups excluding carboxylic acids is 1. The van der Waals surface area contributed by atoms with Crippen molar-refractivity contribution in [1.82, 2.24) is 9.55 Å². The van der Waals surface area contributed by atoms with E-state index in [1.165, 1.54) is 6.26 Å². The highest BCUT2D eigenvalue weighted by Crippen LogP contribution is 2.35. The molecule has 0 radical (unpaired) electrons. The fraction of sp³-hybridized carbons (Fsp3) is 0.333. The SMILES string of the molecule is CS(=O)(=O)Cc1c(OC(Cn2ccnc2CO)c2ccccc2)ccc2c1CCCC2=O. The van der Waals surface area contributed by atoms with Crippen LogP contribution in [0.4, 0.5) is 0 Å². The lowest BCUT2D eigenvalue weighted by molar-refractivity contribution is 0.0972. The number of ether oxygens (including phenoxy) is 1. The van der Waals surface area contributed by atoms with Crippen molar-refractivity contribution in [3.05, 3.63) is 82.9 Å². The molecule has 1 aliphatic rings. The van der Waals surface area contributed by atoms with Crippen LogP contribution in [0.5, 0.6) is 5.75 Å². The van der Waals surface area contributed by atoms with Crippen molar-refractivity contribution in [3.8, 4) is 5.75 Å². The summed E-state index contributed by atoms with van der Waals surface area (Å²) in [7, 11) is -3.35. The lowest BCUT2D eigenvalue weighted by atomic mass is 9.87. The Bertz CT molecular complexity index is 1220. The third-order valence-electron chi connectivity index (χ3n) is 5.67. The van der Waals surface area contributed by atoms with E-state index in [4.69, 9.17) is 4.74 Å². The van der Waals surface area contributed by atoms with E-state index in [1.807, 2.05) is 34.9 Å². The quantitative estimate of drug-likeness (QED) is 0.561. The van der Waals surface area contributed by atoms with E-state index >= 15 is 0 Å². The molecule has 168 valence electrons. The first kappa shape index (κ1) is 22.2. The molecular formula is C24H26N2O5S. The summed E-state index contributed by atoms with van der Waals surface area (Å²) in [5.41, 5.74) is 2.83. The van der Waals surface area contributed by atoms with Crippen LogP contribution in [-0.2, 0) is 35.2 Å². The normalized spacial score (nSPS) is 14.8. The molecule has 1 unspecified atom stereocenters. The molecule has 0 fully saturated rings. The number of aromatic nitrogens is 2. The second-order valence-electron chi connectivity index (χ2n) is 8.09. The number of rotatable bonds is 8. The molecule has 0 amide bonds. The van der Waals surface area contributed by atoms with Gasteiger partial charge in [0.15, 0.2) is 15.6 Å². The van der Waals surface area contributed by atoms with Crippen LogP contribution in [0.15, 0.2) is 54.9 Å². The molecule has 1 N–H and O–H groups in total. The number of imidazole rings is 1. The van der Waals surface area contributed by atoms with E-state index < -0.39 is 15.9 Å². The Morgan fingerprint density at radius 3 is 2.66 bits per heavy atom. The Morgan fingerprint density at radius 2 is 1.94 bits per heavy atom. The zero-order chi connectivity index (χ0) is 22.7. The summed E-state index contributed by atoms with van der Waals surface area (Å²) in [4.78, 5) is 16.6. The molecule has 1 atom stereocenters. The van der Waals surface area contributed by atoms with Gasteiger partial charge in [0.1, 0.15) is 24.3 Å². The molecule has 8 heteroatoms. The number of benzene rings is 2. The third-order valence-corrected chi connectivity index (χ3v) is 6.49. The van der Waals surface area contributed by atoms with Crippen molar-refractivity contribution in [2.24, 2.45) is 0 Å². The van der Waals surface area contributed by atoms with Gasteiger partial charge in [-0.25, -0.2) is 13.4 Å². The molecule has 0 spiro atoms. The average molecular weight is 455 g/mol. The molecule has 3 aromatic rings. The summed E-state index contributed by atoms with van der Waals surface area (Å²) >= 11 is 0. The fourth-order valence-electron chi connectivity index (χ4n) is 4.18. The maximum absolute atomic E-state index is 12.4. The zero-order valence-corrected chi connectivity index (χ0v) is 18.7. The standard InChI is InChI=1S/C24H26N2O5S/c1-32(29,30)16-20-18-8-5-9-21(28)19(18)10-11-22(20)31-23(17-6-3-2-4-7-17)14-26-13-12-25-24(26)15-27/h2-4,6-7,10-13,23,27H,5,8-9,14-16H2,1H3. The van der Waals surface area contributed by atoms with Gasteiger partial charge >= 0.3 is 0 Å². The number of sulfone groups is 1. The Labute approximate surface area is 187 Å². The van der Waals surface area contributed by atoms with Crippen LogP contribution in [-0.4, -0.2) is 35.1 Å². The van der Waals surface area contributed by atoms with E-state index in [-0.39, 0.29) is 18.1 Å². The van der Waals surface area contributed by atoms with Gasteiger partial charge in [-0.15, -0.1) is 0 Å². The molecule has 32 heavy (non-hydrogen) atoms. The first-order valence-electron chi connectivity index (χ1n) is 10.5. The maximum Gasteiger partial charge on any atom is 0.163 e. The number of fused-ring (bicyclic) bond motifs is 1. The number of nitrogens with zero attached hydrogens (tertiary/aromatic N) is 2. The van der Waals surface area contributed by atoms with Crippen molar-refractivity contribution in [2.45, 2.75) is 44.3 Å². The Balaban J connectivity index is 1.77. The summed E-state index contributed by atoms with van der Waals surface area (Å²) in [5.74, 6) is 0.830. The van der Waals surface area contributed by atoms with Gasteiger partial charge < -0.3 is 14.4 Å². The maximum atomic E-state index is 12.4. The van der Waals surface area contributed by atoms with Crippen molar-refractivity contribution >= 4 is 15.6 Å². The number of ketones is 1. The predicted octanol–water partition coefficient (Wildman–Crippen LogP) is 3.26. The summed E-state index contributed by atoms with van der Waals surface area (Å²) in [5, 5.41) is 9.59. The lowest BCUT2D eigenvalue weighted by Crippen LogP contribution is -2.20. The fourth-order valence-corrected chi connectivity index (χ4v) is 5.02. The minimum atomic E-state index is -3.35. The van der Waals surface area contributed by atoms with Crippen LogP contribution in [0, 0.1) is 0 Å². The summed E-state index contributed by atoms with van der Waals surface area (Å²) in [6.45, 7) is 0.184. The summed E-state index contributed by atoms with van der Waals surface area (Å²) in [6.07, 6.45) is 5.95. The second kappa shape index (κ2) is 9.26. The zero-order valence-electron chi connectivity index (χ0n) is 17.9. The number of carbonyl (C=O) groups is 1. The largest absolute Gasteiger partial charge is 0.484 e. The molecule has 1 aromatic heterocycles. The minimum Gasteiger partial charge on any atom is -0.484 e. The highest BCUT2D eigenvalue weighted by Gasteiger charge is 2.26. The molecule has 1 heterocycles. The first-order chi connectivity index (χ1) is 15.4. The molecule has 0 aliphatic heterocycles. The molecule has 0 saturated carbocycles. The van der Waals surface area contributed by atoms with Crippen molar-refractivity contribution in [1.29, 1.82) is 0 Å². The van der Waals surface area contributed by atoms with Crippen LogP contribution in [0.3, 0.4) is 0 Å². The number of aliphatic hydroxyl groups excluding tert-OH is 1. The van der Waals surface area contributed by atoms with Gasteiger partial charge in [0.2, 0.25) is 0 Å². The Kier molecular flexibility index (Phi) is 6.43. The van der Waals surface area contributed by atoms with Gasteiger partial charge in [-0.2, -0.15) is 0 Å². The average Bonchev–Trinajstić information content (AvgIpc) is 3.22. The van der Waals surface area contributed by atoms with E-state index in [9.17, 15) is 18.3 Å². The molecule has 0 saturated heterocycles. The highest BCUT2D eigenvalue weighted by atomic mass is 32.2. The first-order valence-corrected chi connectivity index (χ1v) is 12.6. The molecule has 7 nitrogen and oxygen atoms in total. The number of hydrogen-bond acceptors (Lipinski definition) is 6. The van der Waals surface area contributed by atoms with Crippen LogP contribution < -0.4 is 4.74 Å². The van der Waals surface area contributed by atoms with Crippen LogP contribution in [0.1, 0.15) is 51.8 Å². The number of aliphatic hydroxyl groups is 1. The molecule has 2 aromatic carbocycles. The monoisotopic (exact) mass is 454 g/mol. The van der Waals surface area contributed by atoms with Gasteiger partial charge in [0.05, 0.1) is 12.3 Å². The minimum absolute atomic E-state index is 0.0400.